The highest BCUT2D eigenvalue weighted by Gasteiger charge is 2.01. The molecule has 2 aromatic rings. The van der Waals surface area contributed by atoms with E-state index in [1.54, 1.807) is 6.20 Å². The Morgan fingerprint density at radius 1 is 1.35 bits per heavy atom. The van der Waals surface area contributed by atoms with Crippen LogP contribution in [-0.2, 0) is 11.2 Å². The molecule has 1 aromatic carbocycles. The van der Waals surface area contributed by atoms with Crippen LogP contribution in [-0.4, -0.2) is 16.1 Å². The second-order valence-electron chi connectivity index (χ2n) is 3.93. The van der Waals surface area contributed by atoms with Crippen LogP contribution in [0, 0.1) is 0 Å². The summed E-state index contributed by atoms with van der Waals surface area (Å²) in [6, 6.07) is 7.59. The number of fused-ring (bicyclic) bond motifs is 1. The van der Waals surface area contributed by atoms with E-state index >= 15 is 0 Å². The summed E-state index contributed by atoms with van der Waals surface area (Å²) in [4.78, 5) is 14.7. The molecule has 2 rings (SSSR count). The van der Waals surface area contributed by atoms with Gasteiger partial charge in [0.2, 0.25) is 0 Å². The zero-order valence-electron chi connectivity index (χ0n) is 9.19. The van der Waals surface area contributed by atoms with Gasteiger partial charge in [-0.2, -0.15) is 0 Å². The summed E-state index contributed by atoms with van der Waals surface area (Å²) in [6.45, 7) is 0. The van der Waals surface area contributed by atoms with E-state index in [1.165, 1.54) is 0 Å². The van der Waals surface area contributed by atoms with Gasteiger partial charge in [-0.25, -0.2) is 0 Å². The van der Waals surface area contributed by atoms with Crippen LogP contribution >= 0.6 is 11.6 Å². The second-order valence-corrected chi connectivity index (χ2v) is 4.36. The van der Waals surface area contributed by atoms with Crippen molar-refractivity contribution < 1.29 is 9.90 Å². The molecule has 1 aromatic heterocycles. The number of hydrogen-bond donors (Lipinski definition) is 1. The molecule has 0 aliphatic carbocycles. The number of nitrogens with zero attached hydrogens (tertiary/aromatic N) is 1. The SMILES string of the molecule is O=C(O)CCCc1cnc2cc(Cl)ccc2c1. The van der Waals surface area contributed by atoms with Crippen molar-refractivity contribution in [3.8, 4) is 0 Å². The van der Waals surface area contributed by atoms with Crippen molar-refractivity contribution in [2.45, 2.75) is 19.3 Å². The lowest BCUT2D eigenvalue weighted by Crippen LogP contribution is -1.96. The molecular formula is C13H12ClNO2. The quantitative estimate of drug-likeness (QED) is 0.905. The number of benzene rings is 1. The van der Waals surface area contributed by atoms with Gasteiger partial charge in [-0.1, -0.05) is 17.7 Å². The predicted molar refractivity (Wildman–Crippen MR) is 67.3 cm³/mol. The lowest BCUT2D eigenvalue weighted by molar-refractivity contribution is -0.137. The Labute approximate surface area is 104 Å². The standard InChI is InChI=1S/C13H12ClNO2/c14-11-5-4-10-6-9(2-1-3-13(16)17)8-15-12(10)7-11/h4-8H,1-3H2,(H,16,17). The van der Waals surface area contributed by atoms with E-state index in [0.717, 1.165) is 22.9 Å². The molecule has 0 bridgehead atoms. The number of rotatable bonds is 4. The Kier molecular flexibility index (Phi) is 3.59. The van der Waals surface area contributed by atoms with Crippen molar-refractivity contribution in [3.63, 3.8) is 0 Å². The normalized spacial score (nSPS) is 10.6. The van der Waals surface area contributed by atoms with Gasteiger partial charge < -0.3 is 5.11 Å². The van der Waals surface area contributed by atoms with Crippen LogP contribution in [0.2, 0.25) is 5.02 Å². The summed E-state index contributed by atoms with van der Waals surface area (Å²) in [5, 5.41) is 10.3. The van der Waals surface area contributed by atoms with Gasteiger partial charge in [0.1, 0.15) is 0 Å². The molecule has 0 fully saturated rings. The zero-order chi connectivity index (χ0) is 12.3. The lowest BCUT2D eigenvalue weighted by Gasteiger charge is -2.02. The van der Waals surface area contributed by atoms with Crippen LogP contribution in [0.3, 0.4) is 0 Å². The minimum absolute atomic E-state index is 0.193. The molecule has 0 aliphatic rings. The minimum Gasteiger partial charge on any atom is -0.481 e. The van der Waals surface area contributed by atoms with Gasteiger partial charge in [0.05, 0.1) is 5.52 Å². The maximum absolute atomic E-state index is 10.4. The Hall–Kier alpha value is -1.61. The molecule has 0 unspecified atom stereocenters. The molecule has 0 amide bonds. The fraction of sp³-hybridized carbons (Fsp3) is 0.231. The Bertz CT molecular complexity index is 554. The molecule has 1 N–H and O–H groups in total. The monoisotopic (exact) mass is 249 g/mol. The Morgan fingerprint density at radius 2 is 2.18 bits per heavy atom. The van der Waals surface area contributed by atoms with E-state index < -0.39 is 5.97 Å². The molecule has 0 radical (unpaired) electrons. The van der Waals surface area contributed by atoms with Gasteiger partial charge in [-0.15, -0.1) is 0 Å². The summed E-state index contributed by atoms with van der Waals surface area (Å²) in [7, 11) is 0. The van der Waals surface area contributed by atoms with Crippen LogP contribution in [0.15, 0.2) is 30.5 Å². The highest BCUT2D eigenvalue weighted by Crippen LogP contribution is 2.19. The number of halogens is 1. The number of aromatic nitrogens is 1. The minimum atomic E-state index is -0.759. The molecule has 88 valence electrons. The van der Waals surface area contributed by atoms with Gasteiger partial charge in [-0.05, 0) is 36.6 Å². The van der Waals surface area contributed by atoms with Gasteiger partial charge >= 0.3 is 5.97 Å². The first-order valence-corrected chi connectivity index (χ1v) is 5.79. The largest absolute Gasteiger partial charge is 0.481 e. The predicted octanol–water partition coefficient (Wildman–Crippen LogP) is 3.30. The van der Waals surface area contributed by atoms with Crippen molar-refractivity contribution in [2.75, 3.05) is 0 Å². The Morgan fingerprint density at radius 3 is 2.94 bits per heavy atom. The van der Waals surface area contributed by atoms with E-state index in [4.69, 9.17) is 16.7 Å². The van der Waals surface area contributed by atoms with Crippen LogP contribution in [0.5, 0.6) is 0 Å². The van der Waals surface area contributed by atoms with Crippen molar-refractivity contribution >= 4 is 28.5 Å². The summed E-state index contributed by atoms with van der Waals surface area (Å²) in [6.07, 6.45) is 3.34. The van der Waals surface area contributed by atoms with Crippen molar-refractivity contribution in [2.24, 2.45) is 0 Å². The summed E-state index contributed by atoms with van der Waals surface area (Å²) in [5.41, 5.74) is 1.92. The van der Waals surface area contributed by atoms with Crippen LogP contribution in [0.1, 0.15) is 18.4 Å². The fourth-order valence-electron chi connectivity index (χ4n) is 1.72. The third-order valence-corrected chi connectivity index (χ3v) is 2.79. The number of aliphatic carboxylic acids is 1. The number of pyridine rings is 1. The molecule has 0 spiro atoms. The first-order valence-electron chi connectivity index (χ1n) is 5.41. The van der Waals surface area contributed by atoms with Gasteiger partial charge in [0.15, 0.2) is 0 Å². The molecule has 0 aliphatic heterocycles. The van der Waals surface area contributed by atoms with Gasteiger partial charge in [0, 0.05) is 23.0 Å². The zero-order valence-corrected chi connectivity index (χ0v) is 9.94. The maximum atomic E-state index is 10.4. The molecule has 0 atom stereocenters. The molecule has 4 heteroatoms. The van der Waals surface area contributed by atoms with Crippen LogP contribution in [0.4, 0.5) is 0 Å². The van der Waals surface area contributed by atoms with E-state index in [-0.39, 0.29) is 6.42 Å². The number of carboxylic acid groups (broad SMARTS) is 1. The number of carbonyl (C=O) groups is 1. The molecular weight excluding hydrogens is 238 g/mol. The van der Waals surface area contributed by atoms with E-state index in [9.17, 15) is 4.79 Å². The third-order valence-electron chi connectivity index (χ3n) is 2.56. The topological polar surface area (TPSA) is 50.2 Å². The van der Waals surface area contributed by atoms with Crippen molar-refractivity contribution in [3.05, 3.63) is 41.0 Å². The van der Waals surface area contributed by atoms with Gasteiger partial charge in [-0.3, -0.25) is 9.78 Å². The lowest BCUT2D eigenvalue weighted by atomic mass is 10.1. The van der Waals surface area contributed by atoms with Crippen LogP contribution in [0.25, 0.3) is 10.9 Å². The fourth-order valence-corrected chi connectivity index (χ4v) is 1.89. The number of aryl methyl sites for hydroxylation is 1. The van der Waals surface area contributed by atoms with Crippen LogP contribution < -0.4 is 0 Å². The third kappa shape index (κ3) is 3.17. The molecule has 0 saturated carbocycles. The number of hydrogen-bond acceptors (Lipinski definition) is 2. The average molecular weight is 250 g/mol. The summed E-state index contributed by atoms with van der Waals surface area (Å²) < 4.78 is 0. The van der Waals surface area contributed by atoms with Crippen molar-refractivity contribution in [1.29, 1.82) is 0 Å². The van der Waals surface area contributed by atoms with Gasteiger partial charge in [0.25, 0.3) is 0 Å². The first-order chi connectivity index (χ1) is 8.15. The summed E-state index contributed by atoms with van der Waals surface area (Å²) in [5.74, 6) is -0.759. The maximum Gasteiger partial charge on any atom is 0.303 e. The van der Waals surface area contributed by atoms with E-state index in [1.807, 2.05) is 24.3 Å². The average Bonchev–Trinajstić information content (AvgIpc) is 2.29. The second kappa shape index (κ2) is 5.15. The van der Waals surface area contributed by atoms with E-state index in [0.29, 0.717) is 11.4 Å². The Balaban J connectivity index is 2.14. The van der Waals surface area contributed by atoms with E-state index in [2.05, 4.69) is 4.98 Å². The number of carboxylic acids is 1. The summed E-state index contributed by atoms with van der Waals surface area (Å²) >= 11 is 5.87. The molecule has 17 heavy (non-hydrogen) atoms. The highest BCUT2D eigenvalue weighted by molar-refractivity contribution is 6.31. The molecule has 3 nitrogen and oxygen atoms in total. The van der Waals surface area contributed by atoms with Crippen molar-refractivity contribution in [1.82, 2.24) is 4.98 Å². The molecule has 1 heterocycles. The highest BCUT2D eigenvalue weighted by atomic mass is 35.5. The first kappa shape index (κ1) is 11.9. The smallest absolute Gasteiger partial charge is 0.303 e. The molecule has 0 saturated heterocycles.